The van der Waals surface area contributed by atoms with Crippen LogP contribution in [0.3, 0.4) is 0 Å². The van der Waals surface area contributed by atoms with Crippen molar-refractivity contribution in [2.45, 2.75) is 25.8 Å². The van der Waals surface area contributed by atoms with E-state index < -0.39 is 0 Å². The predicted octanol–water partition coefficient (Wildman–Crippen LogP) is 2.58. The molecule has 20 heavy (non-hydrogen) atoms. The van der Waals surface area contributed by atoms with Gasteiger partial charge in [-0.1, -0.05) is 22.0 Å². The zero-order valence-electron chi connectivity index (χ0n) is 11.4. The summed E-state index contributed by atoms with van der Waals surface area (Å²) in [6, 6.07) is 7.40. The van der Waals surface area contributed by atoms with Gasteiger partial charge >= 0.3 is 6.03 Å². The van der Waals surface area contributed by atoms with Crippen molar-refractivity contribution in [3.05, 3.63) is 28.7 Å². The SMILES string of the molecule is CC(=O)NC1CCCN(C(=O)Nc2cccc(Br)c2)C1. The fourth-order valence-electron chi connectivity index (χ4n) is 2.34. The lowest BCUT2D eigenvalue weighted by molar-refractivity contribution is -0.119. The van der Waals surface area contributed by atoms with Crippen LogP contribution in [-0.2, 0) is 4.79 Å². The smallest absolute Gasteiger partial charge is 0.321 e. The van der Waals surface area contributed by atoms with Gasteiger partial charge in [0.15, 0.2) is 0 Å². The number of nitrogens with one attached hydrogen (secondary N) is 2. The molecule has 2 N–H and O–H groups in total. The van der Waals surface area contributed by atoms with Crippen LogP contribution in [0.15, 0.2) is 28.7 Å². The quantitative estimate of drug-likeness (QED) is 0.869. The molecule has 3 amide bonds. The van der Waals surface area contributed by atoms with Gasteiger partial charge in [-0.2, -0.15) is 0 Å². The Labute approximate surface area is 126 Å². The van der Waals surface area contributed by atoms with Crippen LogP contribution in [0.5, 0.6) is 0 Å². The van der Waals surface area contributed by atoms with Crippen molar-refractivity contribution in [3.8, 4) is 0 Å². The van der Waals surface area contributed by atoms with Crippen LogP contribution in [0.4, 0.5) is 10.5 Å². The first-order chi connectivity index (χ1) is 9.54. The molecule has 1 aliphatic rings. The number of hydrogen-bond acceptors (Lipinski definition) is 2. The number of anilines is 1. The van der Waals surface area contributed by atoms with Crippen molar-refractivity contribution >= 4 is 33.6 Å². The Balaban J connectivity index is 1.93. The largest absolute Gasteiger partial charge is 0.352 e. The molecule has 1 aromatic carbocycles. The normalized spacial score (nSPS) is 18.5. The third-order valence-electron chi connectivity index (χ3n) is 3.19. The van der Waals surface area contributed by atoms with Crippen LogP contribution >= 0.6 is 15.9 Å². The molecular weight excluding hydrogens is 322 g/mol. The molecular formula is C14H18BrN3O2. The number of hydrogen-bond donors (Lipinski definition) is 2. The second-order valence-electron chi connectivity index (χ2n) is 4.93. The molecule has 5 nitrogen and oxygen atoms in total. The Morgan fingerprint density at radius 3 is 2.90 bits per heavy atom. The summed E-state index contributed by atoms with van der Waals surface area (Å²) < 4.78 is 0.921. The molecule has 0 aliphatic carbocycles. The minimum absolute atomic E-state index is 0.0505. The number of carbonyl (C=O) groups is 2. The highest BCUT2D eigenvalue weighted by Crippen LogP contribution is 2.17. The molecule has 0 aromatic heterocycles. The molecule has 6 heteroatoms. The van der Waals surface area contributed by atoms with Crippen LogP contribution in [0.2, 0.25) is 0 Å². The lowest BCUT2D eigenvalue weighted by Gasteiger charge is -2.33. The third kappa shape index (κ3) is 4.23. The average molecular weight is 340 g/mol. The van der Waals surface area contributed by atoms with E-state index in [1.165, 1.54) is 6.92 Å². The lowest BCUT2D eigenvalue weighted by atomic mass is 10.1. The summed E-state index contributed by atoms with van der Waals surface area (Å²) >= 11 is 3.37. The summed E-state index contributed by atoms with van der Waals surface area (Å²) in [6.07, 6.45) is 1.82. The second-order valence-corrected chi connectivity index (χ2v) is 5.84. The van der Waals surface area contributed by atoms with Crippen LogP contribution in [0.25, 0.3) is 0 Å². The van der Waals surface area contributed by atoms with Crippen molar-refractivity contribution in [3.63, 3.8) is 0 Å². The molecule has 0 spiro atoms. The third-order valence-corrected chi connectivity index (χ3v) is 3.69. The Morgan fingerprint density at radius 2 is 2.20 bits per heavy atom. The van der Waals surface area contributed by atoms with Gasteiger partial charge in [-0.3, -0.25) is 4.79 Å². The summed E-state index contributed by atoms with van der Waals surface area (Å²) in [6.45, 7) is 2.77. The lowest BCUT2D eigenvalue weighted by Crippen LogP contribution is -2.50. The van der Waals surface area contributed by atoms with Crippen LogP contribution in [0.1, 0.15) is 19.8 Å². The van der Waals surface area contributed by atoms with E-state index in [0.29, 0.717) is 6.54 Å². The molecule has 2 rings (SSSR count). The van der Waals surface area contributed by atoms with Gasteiger partial charge in [0.2, 0.25) is 5.91 Å². The maximum Gasteiger partial charge on any atom is 0.321 e. The highest BCUT2D eigenvalue weighted by molar-refractivity contribution is 9.10. The first-order valence-corrected chi connectivity index (χ1v) is 7.42. The fourth-order valence-corrected chi connectivity index (χ4v) is 2.73. The number of nitrogens with zero attached hydrogens (tertiary/aromatic N) is 1. The number of rotatable bonds is 2. The molecule has 1 fully saturated rings. The Kier molecular flexibility index (Phi) is 5.00. The van der Waals surface area contributed by atoms with E-state index >= 15 is 0 Å². The van der Waals surface area contributed by atoms with E-state index in [1.54, 1.807) is 4.90 Å². The molecule has 1 unspecified atom stereocenters. The Bertz CT molecular complexity index is 507. The van der Waals surface area contributed by atoms with Gasteiger partial charge in [-0.05, 0) is 31.0 Å². The van der Waals surface area contributed by atoms with Crippen LogP contribution in [0, 0.1) is 0 Å². The molecule has 108 valence electrons. The first-order valence-electron chi connectivity index (χ1n) is 6.63. The molecule has 1 saturated heterocycles. The topological polar surface area (TPSA) is 61.4 Å². The summed E-state index contributed by atoms with van der Waals surface area (Å²) in [5.41, 5.74) is 0.756. The second kappa shape index (κ2) is 6.74. The zero-order chi connectivity index (χ0) is 14.5. The van der Waals surface area contributed by atoms with Crippen LogP contribution in [-0.4, -0.2) is 36.0 Å². The number of benzene rings is 1. The van der Waals surface area contributed by atoms with Gasteiger partial charge in [0.1, 0.15) is 0 Å². The number of likely N-dealkylation sites (tertiary alicyclic amines) is 1. The summed E-state index contributed by atoms with van der Waals surface area (Å²) in [7, 11) is 0. The summed E-state index contributed by atoms with van der Waals surface area (Å²) in [5.74, 6) is -0.0516. The van der Waals surface area contributed by atoms with Crippen LogP contribution < -0.4 is 10.6 Å². The first kappa shape index (κ1) is 14.8. The number of halogens is 1. The van der Waals surface area contributed by atoms with Gasteiger partial charge < -0.3 is 15.5 Å². The molecule has 1 heterocycles. The van der Waals surface area contributed by atoms with Gasteiger partial charge in [0, 0.05) is 36.2 Å². The number of piperidine rings is 1. The predicted molar refractivity (Wildman–Crippen MR) is 81.6 cm³/mol. The van der Waals surface area contributed by atoms with Gasteiger partial charge in [-0.25, -0.2) is 4.79 Å². The van der Waals surface area contributed by atoms with E-state index in [0.717, 1.165) is 29.5 Å². The van der Waals surface area contributed by atoms with Crippen molar-refractivity contribution in [1.82, 2.24) is 10.2 Å². The number of amides is 3. The zero-order valence-corrected chi connectivity index (χ0v) is 12.9. The van der Waals surface area contributed by atoms with Crippen molar-refractivity contribution < 1.29 is 9.59 Å². The molecule has 0 saturated carbocycles. The Hall–Kier alpha value is -1.56. The standard InChI is InChI=1S/C14H18BrN3O2/c1-10(19)16-13-6-3-7-18(9-13)14(20)17-12-5-2-4-11(15)8-12/h2,4-5,8,13H,3,6-7,9H2,1H3,(H,16,19)(H,17,20). The maximum atomic E-state index is 12.2. The molecule has 1 atom stereocenters. The molecule has 0 bridgehead atoms. The van der Waals surface area contributed by atoms with Crippen molar-refractivity contribution in [2.24, 2.45) is 0 Å². The molecule has 1 aromatic rings. The highest BCUT2D eigenvalue weighted by Gasteiger charge is 2.24. The number of urea groups is 1. The Morgan fingerprint density at radius 1 is 1.40 bits per heavy atom. The van der Waals surface area contributed by atoms with E-state index in [2.05, 4.69) is 26.6 Å². The van der Waals surface area contributed by atoms with Crippen molar-refractivity contribution in [1.29, 1.82) is 0 Å². The van der Waals surface area contributed by atoms with Crippen molar-refractivity contribution in [2.75, 3.05) is 18.4 Å². The van der Waals surface area contributed by atoms with E-state index in [4.69, 9.17) is 0 Å². The molecule has 1 aliphatic heterocycles. The fraction of sp³-hybridized carbons (Fsp3) is 0.429. The maximum absolute atomic E-state index is 12.2. The van der Waals surface area contributed by atoms with Gasteiger partial charge in [0.05, 0.1) is 0 Å². The van der Waals surface area contributed by atoms with E-state index in [1.807, 2.05) is 24.3 Å². The van der Waals surface area contributed by atoms with Gasteiger partial charge in [-0.15, -0.1) is 0 Å². The summed E-state index contributed by atoms with van der Waals surface area (Å²) in [5, 5.41) is 5.74. The number of carbonyl (C=O) groups excluding carboxylic acids is 2. The highest BCUT2D eigenvalue weighted by atomic mass is 79.9. The summed E-state index contributed by atoms with van der Waals surface area (Å²) in [4.78, 5) is 25.0. The minimum atomic E-state index is -0.127. The van der Waals surface area contributed by atoms with E-state index in [9.17, 15) is 9.59 Å². The van der Waals surface area contributed by atoms with Gasteiger partial charge in [0.25, 0.3) is 0 Å². The average Bonchev–Trinajstić information content (AvgIpc) is 2.38. The monoisotopic (exact) mass is 339 g/mol. The molecule has 0 radical (unpaired) electrons. The minimum Gasteiger partial charge on any atom is -0.352 e. The van der Waals surface area contributed by atoms with E-state index in [-0.39, 0.29) is 18.0 Å².